The second-order valence-electron chi connectivity index (χ2n) is 6.89. The molecule has 29 heavy (non-hydrogen) atoms. The number of ether oxygens (including phenoxy) is 1. The van der Waals surface area contributed by atoms with E-state index in [4.69, 9.17) is 10.5 Å². The zero-order valence-electron chi connectivity index (χ0n) is 18.0. The maximum Gasteiger partial charge on any atom is 0.330 e. The molecular formula is C19H33N5O5. The van der Waals surface area contributed by atoms with Crippen molar-refractivity contribution in [3.8, 4) is 0 Å². The van der Waals surface area contributed by atoms with Crippen molar-refractivity contribution in [3.63, 3.8) is 0 Å². The first-order chi connectivity index (χ1) is 13.7. The molecule has 0 aliphatic heterocycles. The molecule has 1 rings (SSSR count). The summed E-state index contributed by atoms with van der Waals surface area (Å²) in [5, 5.41) is 0. The van der Waals surface area contributed by atoms with Gasteiger partial charge in [-0.05, 0) is 19.9 Å². The largest absolute Gasteiger partial charge is 0.469 e. The monoisotopic (exact) mass is 411 g/mol. The normalized spacial score (nSPS) is 12.1. The Hall–Kier alpha value is -2.62. The highest BCUT2D eigenvalue weighted by Gasteiger charge is 2.25. The summed E-state index contributed by atoms with van der Waals surface area (Å²) in [6, 6.07) is 0. The fourth-order valence-corrected chi connectivity index (χ4v) is 3.08. The van der Waals surface area contributed by atoms with Crippen molar-refractivity contribution in [2.45, 2.75) is 47.1 Å². The van der Waals surface area contributed by atoms with Crippen molar-refractivity contribution in [2.24, 2.45) is 5.92 Å². The second kappa shape index (κ2) is 11.4. The number of H-pyrrole nitrogens is 1. The summed E-state index contributed by atoms with van der Waals surface area (Å²) in [4.78, 5) is 54.5. The van der Waals surface area contributed by atoms with E-state index in [1.807, 2.05) is 13.8 Å². The molecule has 1 amide bonds. The van der Waals surface area contributed by atoms with Gasteiger partial charge in [-0.1, -0.05) is 27.2 Å². The first-order valence-electron chi connectivity index (χ1n) is 9.94. The zero-order valence-corrected chi connectivity index (χ0v) is 18.0. The SMILES string of the molecule is CCCCn1c(N)c(N(CC)C(=O)CN(CC)CC(C)C(=O)OC)c(=O)[nH]c1=O. The summed E-state index contributed by atoms with van der Waals surface area (Å²) in [5.41, 5.74) is 4.81. The average molecular weight is 412 g/mol. The van der Waals surface area contributed by atoms with Crippen LogP contribution in [0.4, 0.5) is 11.5 Å². The molecule has 0 aliphatic rings. The molecule has 0 saturated heterocycles. The van der Waals surface area contributed by atoms with Gasteiger partial charge in [0.1, 0.15) is 5.82 Å². The molecule has 0 spiro atoms. The molecule has 10 nitrogen and oxygen atoms in total. The van der Waals surface area contributed by atoms with Gasteiger partial charge in [0.05, 0.1) is 19.6 Å². The number of aromatic amines is 1. The summed E-state index contributed by atoms with van der Waals surface area (Å²) in [6.45, 7) is 8.74. The average Bonchev–Trinajstić information content (AvgIpc) is 2.69. The van der Waals surface area contributed by atoms with Crippen LogP contribution in [0.3, 0.4) is 0 Å². The first kappa shape index (κ1) is 24.4. The third-order valence-electron chi connectivity index (χ3n) is 4.78. The van der Waals surface area contributed by atoms with E-state index in [0.29, 0.717) is 26.1 Å². The first-order valence-corrected chi connectivity index (χ1v) is 9.94. The highest BCUT2D eigenvalue weighted by molar-refractivity contribution is 5.96. The molecule has 164 valence electrons. The number of anilines is 2. The van der Waals surface area contributed by atoms with Crippen LogP contribution in [0.25, 0.3) is 0 Å². The lowest BCUT2D eigenvalue weighted by Crippen LogP contribution is -2.46. The highest BCUT2D eigenvalue weighted by Crippen LogP contribution is 2.17. The lowest BCUT2D eigenvalue weighted by Gasteiger charge is -2.27. The number of hydrogen-bond donors (Lipinski definition) is 2. The minimum absolute atomic E-state index is 0.00135. The van der Waals surface area contributed by atoms with E-state index in [-0.39, 0.29) is 36.5 Å². The molecule has 1 aromatic heterocycles. The highest BCUT2D eigenvalue weighted by atomic mass is 16.5. The Morgan fingerprint density at radius 3 is 2.38 bits per heavy atom. The van der Waals surface area contributed by atoms with E-state index in [2.05, 4.69) is 4.98 Å². The summed E-state index contributed by atoms with van der Waals surface area (Å²) < 4.78 is 6.02. The fraction of sp³-hybridized carbons (Fsp3) is 0.684. The van der Waals surface area contributed by atoms with E-state index in [0.717, 1.165) is 6.42 Å². The van der Waals surface area contributed by atoms with Crippen LogP contribution in [0.5, 0.6) is 0 Å². The maximum atomic E-state index is 13.0. The number of hydrogen-bond acceptors (Lipinski definition) is 7. The number of nitrogens with two attached hydrogens (primary N) is 1. The third-order valence-corrected chi connectivity index (χ3v) is 4.78. The molecule has 1 aromatic rings. The molecule has 0 aliphatic carbocycles. The summed E-state index contributed by atoms with van der Waals surface area (Å²) in [5.74, 6) is -1.11. The Kier molecular flexibility index (Phi) is 9.60. The van der Waals surface area contributed by atoms with Gasteiger partial charge in [0.2, 0.25) is 5.91 Å². The van der Waals surface area contributed by atoms with E-state index in [9.17, 15) is 19.2 Å². The Labute approximate surface area is 170 Å². The molecule has 0 fully saturated rings. The molecule has 0 saturated carbocycles. The molecule has 10 heteroatoms. The van der Waals surface area contributed by atoms with Gasteiger partial charge >= 0.3 is 11.7 Å². The Morgan fingerprint density at radius 1 is 1.21 bits per heavy atom. The van der Waals surface area contributed by atoms with Gasteiger partial charge in [-0.2, -0.15) is 0 Å². The van der Waals surface area contributed by atoms with Crippen LogP contribution in [-0.4, -0.2) is 59.6 Å². The van der Waals surface area contributed by atoms with Gasteiger partial charge in [0, 0.05) is 19.6 Å². The van der Waals surface area contributed by atoms with Crippen molar-refractivity contribution < 1.29 is 14.3 Å². The number of esters is 1. The van der Waals surface area contributed by atoms with Gasteiger partial charge in [-0.15, -0.1) is 0 Å². The number of likely N-dealkylation sites (N-methyl/N-ethyl adjacent to an activating group) is 2. The number of nitrogens with one attached hydrogen (secondary N) is 1. The number of methoxy groups -OCH3 is 1. The minimum atomic E-state index is -0.693. The van der Waals surface area contributed by atoms with E-state index < -0.39 is 17.2 Å². The van der Waals surface area contributed by atoms with Crippen LogP contribution in [0.2, 0.25) is 0 Å². The quantitative estimate of drug-likeness (QED) is 0.504. The van der Waals surface area contributed by atoms with Crippen LogP contribution in [0.15, 0.2) is 9.59 Å². The molecule has 1 heterocycles. The minimum Gasteiger partial charge on any atom is -0.469 e. The summed E-state index contributed by atoms with van der Waals surface area (Å²) >= 11 is 0. The molecule has 0 bridgehead atoms. The smallest absolute Gasteiger partial charge is 0.330 e. The molecule has 0 radical (unpaired) electrons. The van der Waals surface area contributed by atoms with Crippen molar-refractivity contribution >= 4 is 23.4 Å². The number of carbonyl (C=O) groups excluding carboxylic acids is 2. The number of carbonyl (C=O) groups is 2. The standard InChI is InChI=1S/C19H33N5O5/c1-6-9-10-24-16(20)15(17(26)21-19(24)28)23(8-3)14(25)12-22(7-2)11-13(4)18(27)29-5/h13H,6-12,20H2,1-5H3,(H,21,26,28). The van der Waals surface area contributed by atoms with Gasteiger partial charge < -0.3 is 15.4 Å². The maximum absolute atomic E-state index is 13.0. The Balaban J connectivity index is 3.15. The number of nitrogen functional groups attached to an aromatic ring is 1. The van der Waals surface area contributed by atoms with Gasteiger partial charge in [-0.3, -0.25) is 28.8 Å². The van der Waals surface area contributed by atoms with Gasteiger partial charge in [0.25, 0.3) is 5.56 Å². The van der Waals surface area contributed by atoms with Crippen molar-refractivity contribution in [2.75, 3.05) is 43.9 Å². The predicted octanol–water partition coefficient (Wildman–Crippen LogP) is 0.403. The molecule has 1 unspecified atom stereocenters. The second-order valence-corrected chi connectivity index (χ2v) is 6.89. The molecule has 0 aromatic carbocycles. The third kappa shape index (κ3) is 6.18. The number of aromatic nitrogens is 2. The van der Waals surface area contributed by atoms with Crippen molar-refractivity contribution in [1.29, 1.82) is 0 Å². The van der Waals surface area contributed by atoms with Crippen LogP contribution in [0, 0.1) is 5.92 Å². The Bertz CT molecular complexity index is 816. The van der Waals surface area contributed by atoms with Crippen LogP contribution < -0.4 is 21.9 Å². The number of rotatable bonds is 11. The van der Waals surface area contributed by atoms with Crippen molar-refractivity contribution in [3.05, 3.63) is 20.8 Å². The predicted molar refractivity (Wildman–Crippen MR) is 112 cm³/mol. The number of unbranched alkanes of at least 4 members (excludes halogenated alkanes) is 1. The number of amides is 1. The van der Waals surface area contributed by atoms with E-state index in [1.54, 1.807) is 18.7 Å². The Morgan fingerprint density at radius 2 is 1.86 bits per heavy atom. The van der Waals surface area contributed by atoms with Crippen LogP contribution >= 0.6 is 0 Å². The van der Waals surface area contributed by atoms with Gasteiger partial charge in [0.15, 0.2) is 5.69 Å². The van der Waals surface area contributed by atoms with Crippen LogP contribution in [-0.2, 0) is 20.9 Å². The molecule has 3 N–H and O–H groups in total. The van der Waals surface area contributed by atoms with E-state index in [1.165, 1.54) is 16.6 Å². The van der Waals surface area contributed by atoms with Gasteiger partial charge in [-0.25, -0.2) is 4.79 Å². The summed E-state index contributed by atoms with van der Waals surface area (Å²) in [7, 11) is 1.32. The van der Waals surface area contributed by atoms with E-state index >= 15 is 0 Å². The lowest BCUT2D eigenvalue weighted by atomic mass is 10.1. The summed E-state index contributed by atoms with van der Waals surface area (Å²) in [6.07, 6.45) is 1.56. The van der Waals surface area contributed by atoms with Crippen molar-refractivity contribution in [1.82, 2.24) is 14.5 Å². The molecular weight excluding hydrogens is 378 g/mol. The zero-order chi connectivity index (χ0) is 22.1. The van der Waals surface area contributed by atoms with Crippen LogP contribution in [0.1, 0.15) is 40.5 Å². The fourth-order valence-electron chi connectivity index (χ4n) is 3.08. The number of nitrogens with zero attached hydrogens (tertiary/aromatic N) is 3. The lowest BCUT2D eigenvalue weighted by molar-refractivity contribution is -0.145. The topological polar surface area (TPSA) is 131 Å². The molecule has 1 atom stereocenters.